The van der Waals surface area contributed by atoms with Crippen LogP contribution in [-0.2, 0) is 0 Å². The predicted octanol–water partition coefficient (Wildman–Crippen LogP) is 9.52. The minimum atomic E-state index is -2.95. The number of fused-ring (bicyclic) bond motifs is 9. The molecule has 3 heterocycles. The molecular weight excluding hydrogens is 671 g/mol. The Bertz CT molecular complexity index is 2910. The molecule has 0 saturated heterocycles. The molecule has 1 aliphatic rings. The Morgan fingerprint density at radius 1 is 0.340 bits per heavy atom. The van der Waals surface area contributed by atoms with Gasteiger partial charge >= 0.3 is 0 Å². The Balaban J connectivity index is 1.22. The molecule has 0 fully saturated rings. The van der Waals surface area contributed by atoms with Crippen molar-refractivity contribution in [1.82, 2.24) is 9.13 Å². The molecule has 10 aromatic rings. The van der Waals surface area contributed by atoms with Gasteiger partial charge in [0.05, 0.1) is 22.1 Å². The number of hydrogen-bond donors (Lipinski definition) is 0. The first-order chi connectivity index (χ1) is 26.1. The van der Waals surface area contributed by atoms with E-state index in [0.717, 1.165) is 55.0 Å². The van der Waals surface area contributed by atoms with Crippen molar-refractivity contribution in [2.24, 2.45) is 0 Å². The van der Waals surface area contributed by atoms with Crippen LogP contribution in [-0.4, -0.2) is 17.2 Å². The topological polar surface area (TPSA) is 9.86 Å². The molecule has 5 heteroatoms. The standard InChI is InChI=1S/C48H30F2N2Si/c49-31-23-25-45-41(27-31)37-15-1-5-19-43(37)51(45)33-11-9-13-35(29-33)53(47-21-7-3-17-39(47)40-18-4-8-22-48(40)53)36-14-10-12-34(30-36)52-44-20-6-2-16-38(44)42-28-32(50)24-26-46(42)52/h1-30H. The molecule has 2 nitrogen and oxygen atoms in total. The van der Waals surface area contributed by atoms with Gasteiger partial charge in [0.25, 0.3) is 0 Å². The lowest BCUT2D eigenvalue weighted by Crippen LogP contribution is -2.72. The van der Waals surface area contributed by atoms with E-state index in [-0.39, 0.29) is 11.6 Å². The third-order valence-electron chi connectivity index (χ3n) is 11.3. The van der Waals surface area contributed by atoms with Gasteiger partial charge in [0.2, 0.25) is 0 Å². The molecule has 0 saturated carbocycles. The first kappa shape index (κ1) is 30.1. The van der Waals surface area contributed by atoms with Gasteiger partial charge in [-0.1, -0.05) is 109 Å². The molecule has 0 atom stereocenters. The van der Waals surface area contributed by atoms with Gasteiger partial charge in [0.15, 0.2) is 8.07 Å². The minimum absolute atomic E-state index is 0.243. The van der Waals surface area contributed by atoms with Crippen LogP contribution in [0.5, 0.6) is 0 Å². The molecule has 0 unspecified atom stereocenters. The normalized spacial score (nSPS) is 13.2. The zero-order chi connectivity index (χ0) is 35.3. The van der Waals surface area contributed by atoms with Crippen molar-refractivity contribution in [3.05, 3.63) is 194 Å². The highest BCUT2D eigenvalue weighted by Gasteiger charge is 2.48. The van der Waals surface area contributed by atoms with Crippen molar-refractivity contribution in [3.63, 3.8) is 0 Å². The molecule has 0 spiro atoms. The quantitative estimate of drug-likeness (QED) is 0.162. The van der Waals surface area contributed by atoms with Crippen molar-refractivity contribution >= 4 is 72.4 Å². The Hall–Kier alpha value is -6.56. The van der Waals surface area contributed by atoms with Crippen LogP contribution in [0.4, 0.5) is 8.78 Å². The lowest BCUT2D eigenvalue weighted by molar-refractivity contribution is 0.629. The summed E-state index contributed by atoms with van der Waals surface area (Å²) < 4.78 is 33.9. The zero-order valence-electron chi connectivity index (χ0n) is 28.5. The van der Waals surface area contributed by atoms with Gasteiger partial charge in [0.1, 0.15) is 11.6 Å². The lowest BCUT2D eigenvalue weighted by Gasteiger charge is -2.32. The fourth-order valence-electron chi connectivity index (χ4n) is 9.23. The van der Waals surface area contributed by atoms with Crippen molar-refractivity contribution < 1.29 is 8.78 Å². The Labute approximate surface area is 305 Å². The highest BCUT2D eigenvalue weighted by Crippen LogP contribution is 2.35. The molecule has 11 rings (SSSR count). The Morgan fingerprint density at radius 2 is 0.755 bits per heavy atom. The van der Waals surface area contributed by atoms with E-state index in [9.17, 15) is 8.78 Å². The maximum absolute atomic E-state index is 14.7. The smallest absolute Gasteiger partial charge is 0.181 e. The minimum Gasteiger partial charge on any atom is -0.309 e. The predicted molar refractivity (Wildman–Crippen MR) is 218 cm³/mol. The summed E-state index contributed by atoms with van der Waals surface area (Å²) >= 11 is 0. The van der Waals surface area contributed by atoms with E-state index < -0.39 is 8.07 Å². The van der Waals surface area contributed by atoms with Gasteiger partial charge in [-0.05, 0) is 105 Å². The molecule has 1 aliphatic heterocycles. The third kappa shape index (κ3) is 4.17. The number of para-hydroxylation sites is 2. The van der Waals surface area contributed by atoms with Gasteiger partial charge in [0, 0.05) is 32.9 Å². The molecule has 0 radical (unpaired) electrons. The van der Waals surface area contributed by atoms with Crippen LogP contribution in [0.3, 0.4) is 0 Å². The summed E-state index contributed by atoms with van der Waals surface area (Å²) in [5, 5.41) is 9.07. The van der Waals surface area contributed by atoms with Gasteiger partial charge in [-0.25, -0.2) is 8.78 Å². The summed E-state index contributed by atoms with van der Waals surface area (Å²) in [6, 6.07) is 62.5. The largest absolute Gasteiger partial charge is 0.309 e. The number of benzene rings is 8. The average Bonchev–Trinajstić information content (AvgIpc) is 3.82. The SMILES string of the molecule is Fc1ccc2c(c1)c1ccccc1n2-c1cccc([Si]2(c3cccc(-n4c5ccccc5c5cc(F)ccc54)c3)c3ccccc3-c3ccccc32)c1. The molecular formula is C48H30F2N2Si. The zero-order valence-corrected chi connectivity index (χ0v) is 29.5. The summed E-state index contributed by atoms with van der Waals surface area (Å²) in [6.45, 7) is 0. The van der Waals surface area contributed by atoms with Crippen LogP contribution < -0.4 is 20.7 Å². The van der Waals surface area contributed by atoms with Crippen LogP contribution in [0.1, 0.15) is 0 Å². The summed E-state index contributed by atoms with van der Waals surface area (Å²) in [6.07, 6.45) is 0. The number of rotatable bonds is 4. The van der Waals surface area contributed by atoms with E-state index in [1.54, 1.807) is 24.3 Å². The van der Waals surface area contributed by atoms with Gasteiger partial charge in [-0.3, -0.25) is 0 Å². The van der Waals surface area contributed by atoms with Crippen LogP contribution in [0.15, 0.2) is 182 Å². The second-order valence-corrected chi connectivity index (χ2v) is 17.7. The van der Waals surface area contributed by atoms with E-state index in [1.165, 1.54) is 31.9 Å². The lowest BCUT2D eigenvalue weighted by atomic mass is 10.1. The number of aromatic nitrogens is 2. The van der Waals surface area contributed by atoms with E-state index in [0.29, 0.717) is 0 Å². The van der Waals surface area contributed by atoms with E-state index in [2.05, 4.69) is 130 Å². The Kier molecular flexibility index (Phi) is 6.37. The summed E-state index contributed by atoms with van der Waals surface area (Å²) in [4.78, 5) is 0. The molecule has 8 aromatic carbocycles. The molecule has 0 aliphatic carbocycles. The maximum Gasteiger partial charge on any atom is 0.181 e. The highest BCUT2D eigenvalue weighted by atomic mass is 28.3. The summed E-state index contributed by atoms with van der Waals surface area (Å²) in [5.74, 6) is -0.485. The molecule has 250 valence electrons. The number of hydrogen-bond acceptors (Lipinski definition) is 0. The first-order valence-electron chi connectivity index (χ1n) is 17.9. The molecule has 0 amide bonds. The fraction of sp³-hybridized carbons (Fsp3) is 0. The van der Waals surface area contributed by atoms with E-state index in [4.69, 9.17) is 0 Å². The van der Waals surface area contributed by atoms with Crippen molar-refractivity contribution in [2.45, 2.75) is 0 Å². The van der Waals surface area contributed by atoms with Crippen molar-refractivity contribution in [1.29, 1.82) is 0 Å². The van der Waals surface area contributed by atoms with E-state index in [1.807, 2.05) is 36.4 Å². The summed E-state index contributed by atoms with van der Waals surface area (Å²) in [7, 11) is -2.95. The Morgan fingerprint density at radius 3 is 1.25 bits per heavy atom. The van der Waals surface area contributed by atoms with Crippen LogP contribution in [0.2, 0.25) is 0 Å². The monoisotopic (exact) mass is 700 g/mol. The van der Waals surface area contributed by atoms with Crippen molar-refractivity contribution in [2.75, 3.05) is 0 Å². The molecule has 2 aromatic heterocycles. The highest BCUT2D eigenvalue weighted by molar-refractivity contribution is 7.22. The maximum atomic E-state index is 14.7. The van der Waals surface area contributed by atoms with Gasteiger partial charge in [-0.15, -0.1) is 0 Å². The number of nitrogens with zero attached hydrogens (tertiary/aromatic N) is 2. The number of halogens is 2. The molecule has 0 N–H and O–H groups in total. The first-order valence-corrected chi connectivity index (χ1v) is 19.9. The third-order valence-corrected chi connectivity index (χ3v) is 16.1. The molecule has 53 heavy (non-hydrogen) atoms. The second-order valence-electron chi connectivity index (χ2n) is 14.0. The summed E-state index contributed by atoms with van der Waals surface area (Å²) in [5.41, 5.74) is 8.63. The average molecular weight is 701 g/mol. The van der Waals surface area contributed by atoms with Gasteiger partial charge < -0.3 is 9.13 Å². The van der Waals surface area contributed by atoms with Crippen molar-refractivity contribution in [3.8, 4) is 22.5 Å². The second kappa shape index (κ2) is 11.2. The van der Waals surface area contributed by atoms with Crippen LogP contribution in [0, 0.1) is 11.6 Å². The molecule has 0 bridgehead atoms. The van der Waals surface area contributed by atoms with Crippen LogP contribution >= 0.6 is 0 Å². The van der Waals surface area contributed by atoms with Crippen LogP contribution in [0.25, 0.3) is 66.1 Å². The van der Waals surface area contributed by atoms with Gasteiger partial charge in [-0.2, -0.15) is 0 Å². The van der Waals surface area contributed by atoms with E-state index >= 15 is 0 Å². The fourth-order valence-corrected chi connectivity index (χ4v) is 14.5.